The molecule has 0 amide bonds. The third-order valence-corrected chi connectivity index (χ3v) is 4.95. The molecule has 0 atom stereocenters. The van der Waals surface area contributed by atoms with E-state index < -0.39 is 0 Å². The molecule has 3 aromatic rings. The Morgan fingerprint density at radius 2 is 1.71 bits per heavy atom. The molecule has 0 aliphatic heterocycles. The Hall–Kier alpha value is -0.877. The van der Waals surface area contributed by atoms with E-state index in [1.54, 1.807) is 29.8 Å². The molecule has 0 aromatic heterocycles. The summed E-state index contributed by atoms with van der Waals surface area (Å²) in [5.74, 6) is 0. The predicted molar refractivity (Wildman–Crippen MR) is 114 cm³/mol. The van der Waals surface area contributed by atoms with E-state index in [9.17, 15) is 0 Å². The fraction of sp³-hybridized carbons (Fsp3) is 0.280. The molecule has 0 bridgehead atoms. The topological polar surface area (TPSA) is 0 Å². The Bertz CT molecular complexity index is 1020. The molecule has 1 aliphatic carbocycles. The van der Waals surface area contributed by atoms with Crippen molar-refractivity contribution in [3.05, 3.63) is 71.3 Å². The Labute approximate surface area is 196 Å². The van der Waals surface area contributed by atoms with Crippen LogP contribution in [0.25, 0.3) is 27.1 Å². The van der Waals surface area contributed by atoms with Crippen LogP contribution < -0.4 is 24.8 Å². The van der Waals surface area contributed by atoms with Crippen molar-refractivity contribution < 1.29 is 49.0 Å². The molecule has 146 valence electrons. The average molecular weight is 490 g/mol. The number of halogens is 2. The minimum Gasteiger partial charge on any atom is -1.00 e. The standard InChI is InChI=1S/C22H21.C3H6.2ClH.Zr/c1-3-15-13-20-19-12-8-7-11-17(19)14-21(20)22(18(15)4-2)16-9-5-6-10-16;1-3-2;;;/h5-9,11-14H,3-4,10H2,1-2H3;1-2H3;2*1H;/q-1;;;;+2/p-2. The van der Waals surface area contributed by atoms with Gasteiger partial charge in [0.15, 0.2) is 0 Å². The smallest absolute Gasteiger partial charge is 1.00 e. The predicted octanol–water partition coefficient (Wildman–Crippen LogP) is 0.933. The molecular formula is C25H27Cl2Zr-. The number of fused-ring (bicyclic) bond motifs is 3. The van der Waals surface area contributed by atoms with Crippen LogP contribution in [0.5, 0.6) is 0 Å². The zero-order valence-electron chi connectivity index (χ0n) is 17.1. The second-order valence-corrected chi connectivity index (χ2v) is 9.57. The molecule has 0 saturated heterocycles. The SMILES string of the molecule is CCc1cc2c([cH-]c3ccccc32)c(C2=CC=CC2)c1CC.C[C](C)=[Zr+2].[Cl-].[Cl-]. The summed E-state index contributed by atoms with van der Waals surface area (Å²) >= 11 is 1.55. The van der Waals surface area contributed by atoms with Gasteiger partial charge in [-0.15, -0.1) is 33.7 Å². The fourth-order valence-corrected chi connectivity index (χ4v) is 3.91. The van der Waals surface area contributed by atoms with Crippen molar-refractivity contribution in [1.29, 1.82) is 0 Å². The quantitative estimate of drug-likeness (QED) is 0.481. The maximum absolute atomic E-state index is 2.43. The van der Waals surface area contributed by atoms with Crippen LogP contribution in [0.15, 0.2) is 54.6 Å². The van der Waals surface area contributed by atoms with Gasteiger partial charge in [0.2, 0.25) is 0 Å². The van der Waals surface area contributed by atoms with Crippen LogP contribution in [-0.2, 0) is 37.1 Å². The molecule has 0 unspecified atom stereocenters. The zero-order valence-corrected chi connectivity index (χ0v) is 21.0. The summed E-state index contributed by atoms with van der Waals surface area (Å²) in [6.07, 6.45) is 10.0. The maximum atomic E-state index is 2.43. The number of benzene rings is 2. The van der Waals surface area contributed by atoms with Gasteiger partial charge < -0.3 is 24.8 Å². The number of allylic oxidation sites excluding steroid dienone is 4. The van der Waals surface area contributed by atoms with Gasteiger partial charge in [-0.1, -0.05) is 78.6 Å². The molecule has 4 rings (SSSR count). The third kappa shape index (κ3) is 5.18. The maximum Gasteiger partial charge on any atom is -1.00 e. The number of hydrogen-bond acceptors (Lipinski definition) is 0. The van der Waals surface area contributed by atoms with Gasteiger partial charge in [0.1, 0.15) is 0 Å². The first-order valence-electron chi connectivity index (χ1n) is 9.57. The summed E-state index contributed by atoms with van der Waals surface area (Å²) in [6.45, 7) is 8.81. The van der Waals surface area contributed by atoms with E-state index in [1.807, 2.05) is 0 Å². The summed E-state index contributed by atoms with van der Waals surface area (Å²) in [5.41, 5.74) is 6.03. The van der Waals surface area contributed by atoms with Gasteiger partial charge in [0.05, 0.1) is 0 Å². The van der Waals surface area contributed by atoms with Crippen LogP contribution in [-0.4, -0.2) is 3.21 Å². The van der Waals surface area contributed by atoms with Crippen molar-refractivity contribution in [3.8, 4) is 0 Å². The normalized spacial score (nSPS) is 12.1. The third-order valence-electron chi connectivity index (χ3n) is 4.95. The molecule has 0 saturated carbocycles. The van der Waals surface area contributed by atoms with Gasteiger partial charge in [-0.3, -0.25) is 0 Å². The first-order chi connectivity index (χ1) is 12.6. The van der Waals surface area contributed by atoms with Crippen molar-refractivity contribution >= 4 is 30.3 Å². The molecular weight excluding hydrogens is 462 g/mol. The Morgan fingerprint density at radius 3 is 2.29 bits per heavy atom. The minimum atomic E-state index is 0. The van der Waals surface area contributed by atoms with Gasteiger partial charge >= 0.3 is 41.3 Å². The zero-order chi connectivity index (χ0) is 18.7. The monoisotopic (exact) mass is 487 g/mol. The first-order valence-corrected chi connectivity index (χ1v) is 10.8. The molecule has 0 nitrogen and oxygen atoms in total. The van der Waals surface area contributed by atoms with Crippen LogP contribution in [0.1, 0.15) is 50.8 Å². The largest absolute Gasteiger partial charge is 1.00 e. The van der Waals surface area contributed by atoms with E-state index in [2.05, 4.69) is 82.3 Å². The van der Waals surface area contributed by atoms with Crippen LogP contribution in [0.2, 0.25) is 0 Å². The first kappa shape index (κ1) is 25.2. The van der Waals surface area contributed by atoms with Gasteiger partial charge in [0.25, 0.3) is 0 Å². The summed E-state index contributed by atoms with van der Waals surface area (Å²) in [4.78, 5) is 0. The molecule has 1 aliphatic rings. The summed E-state index contributed by atoms with van der Waals surface area (Å²) in [6, 6.07) is 13.6. The summed E-state index contributed by atoms with van der Waals surface area (Å²) < 4.78 is 1.51. The van der Waals surface area contributed by atoms with Crippen LogP contribution in [0, 0.1) is 0 Å². The van der Waals surface area contributed by atoms with Crippen LogP contribution in [0.4, 0.5) is 0 Å². The van der Waals surface area contributed by atoms with Gasteiger partial charge in [-0.25, -0.2) is 0 Å². The van der Waals surface area contributed by atoms with E-state index in [-0.39, 0.29) is 24.8 Å². The van der Waals surface area contributed by atoms with Crippen molar-refractivity contribution in [2.75, 3.05) is 0 Å². The molecule has 0 radical (unpaired) electrons. The average Bonchev–Trinajstić information content (AvgIpc) is 3.27. The fourth-order valence-electron chi connectivity index (χ4n) is 3.91. The van der Waals surface area contributed by atoms with Crippen LogP contribution >= 0.6 is 0 Å². The minimum absolute atomic E-state index is 0. The molecule has 3 heteroatoms. The van der Waals surface area contributed by atoms with E-state index in [0.29, 0.717) is 0 Å². The van der Waals surface area contributed by atoms with Crippen LogP contribution in [0.3, 0.4) is 0 Å². The second-order valence-electron chi connectivity index (χ2n) is 7.11. The molecule has 0 N–H and O–H groups in total. The van der Waals surface area contributed by atoms with Gasteiger partial charge in [0, 0.05) is 0 Å². The molecule has 3 aromatic carbocycles. The number of rotatable bonds is 3. The summed E-state index contributed by atoms with van der Waals surface area (Å²) in [5, 5.41) is 5.61. The van der Waals surface area contributed by atoms with E-state index >= 15 is 0 Å². The molecule has 0 fully saturated rings. The van der Waals surface area contributed by atoms with E-state index in [1.165, 1.54) is 41.5 Å². The second kappa shape index (κ2) is 11.3. The number of hydrogen-bond donors (Lipinski definition) is 0. The Balaban J connectivity index is 0.000000601. The molecule has 28 heavy (non-hydrogen) atoms. The van der Waals surface area contributed by atoms with Gasteiger partial charge in [-0.05, 0) is 19.3 Å². The summed E-state index contributed by atoms with van der Waals surface area (Å²) in [7, 11) is 0. The van der Waals surface area contributed by atoms with Crippen molar-refractivity contribution in [2.45, 2.75) is 47.0 Å². The molecule has 0 spiro atoms. The van der Waals surface area contributed by atoms with E-state index in [4.69, 9.17) is 0 Å². The molecule has 0 heterocycles. The van der Waals surface area contributed by atoms with Gasteiger partial charge in [-0.2, -0.15) is 0 Å². The van der Waals surface area contributed by atoms with Crippen molar-refractivity contribution in [2.24, 2.45) is 0 Å². The Morgan fingerprint density at radius 1 is 1.04 bits per heavy atom. The van der Waals surface area contributed by atoms with Crippen molar-refractivity contribution in [3.63, 3.8) is 0 Å². The number of aryl methyl sites for hydroxylation is 1. The Kier molecular flexibility index (Phi) is 10.2. The van der Waals surface area contributed by atoms with E-state index in [0.717, 1.165) is 19.3 Å². The van der Waals surface area contributed by atoms with Crippen molar-refractivity contribution in [1.82, 2.24) is 0 Å².